The molecule has 1 saturated carbocycles. The summed E-state index contributed by atoms with van der Waals surface area (Å²) in [7, 11) is 0. The highest BCUT2D eigenvalue weighted by Gasteiger charge is 2.38. The lowest BCUT2D eigenvalue weighted by Gasteiger charge is -2.47. The van der Waals surface area contributed by atoms with E-state index < -0.39 is 12.3 Å². The largest absolute Gasteiger partial charge is 0.486 e. The number of benzene rings is 2. The van der Waals surface area contributed by atoms with Crippen molar-refractivity contribution >= 4 is 28.9 Å². The number of halogens is 1. The molecule has 4 atom stereocenters. The molecule has 3 aromatic rings. The van der Waals surface area contributed by atoms with E-state index >= 15 is 4.39 Å². The van der Waals surface area contributed by atoms with Crippen LogP contribution in [0.5, 0.6) is 5.75 Å². The van der Waals surface area contributed by atoms with Gasteiger partial charge in [0.2, 0.25) is 5.91 Å². The zero-order valence-corrected chi connectivity index (χ0v) is 27.1. The van der Waals surface area contributed by atoms with Crippen LogP contribution in [-0.2, 0) is 14.3 Å². The number of amides is 1. The SMILES string of the molecule is C[C@@H]1CN(c2ccc(Nc3ccnc(-c4ccc(O[C@H]5CCN(C(=O)C6CCC(=O)C6)C[C@H]5F)c(C#N)c4)n3)cc2)CCN1C1COC1. The molecule has 250 valence electrons. The van der Waals surface area contributed by atoms with Gasteiger partial charge in [0.15, 0.2) is 12.0 Å². The number of likely N-dealkylation sites (tertiary alicyclic amines) is 1. The number of nitrogens with one attached hydrogen (secondary N) is 1. The van der Waals surface area contributed by atoms with Gasteiger partial charge in [-0.05, 0) is 61.9 Å². The van der Waals surface area contributed by atoms with Crippen molar-refractivity contribution in [1.82, 2.24) is 19.8 Å². The van der Waals surface area contributed by atoms with Crippen LogP contribution >= 0.6 is 0 Å². The molecule has 48 heavy (non-hydrogen) atoms. The molecule has 4 heterocycles. The van der Waals surface area contributed by atoms with Gasteiger partial charge in [-0.1, -0.05) is 0 Å². The van der Waals surface area contributed by atoms with E-state index in [2.05, 4.69) is 50.2 Å². The van der Waals surface area contributed by atoms with E-state index in [1.165, 1.54) is 10.6 Å². The van der Waals surface area contributed by atoms with Crippen LogP contribution in [0, 0.1) is 17.2 Å². The van der Waals surface area contributed by atoms with Crippen molar-refractivity contribution < 1.29 is 23.5 Å². The fraction of sp³-hybridized carbons (Fsp3) is 0.472. The zero-order chi connectivity index (χ0) is 33.2. The van der Waals surface area contributed by atoms with Crippen molar-refractivity contribution in [3.8, 4) is 23.2 Å². The summed E-state index contributed by atoms with van der Waals surface area (Å²) in [5.41, 5.74) is 2.96. The minimum atomic E-state index is -1.41. The van der Waals surface area contributed by atoms with Crippen LogP contribution < -0.4 is 15.0 Å². The molecule has 0 bridgehead atoms. The van der Waals surface area contributed by atoms with Gasteiger partial charge in [-0.2, -0.15) is 5.26 Å². The van der Waals surface area contributed by atoms with Gasteiger partial charge < -0.3 is 24.6 Å². The highest BCUT2D eigenvalue weighted by atomic mass is 19.1. The van der Waals surface area contributed by atoms with Crippen LogP contribution in [-0.4, -0.2) is 102 Å². The number of carbonyl (C=O) groups excluding carboxylic acids is 2. The number of anilines is 3. The summed E-state index contributed by atoms with van der Waals surface area (Å²) < 4.78 is 26.6. The second-order valence-electron chi connectivity index (χ2n) is 13.2. The molecule has 3 saturated heterocycles. The maximum atomic E-state index is 15.2. The fourth-order valence-electron chi connectivity index (χ4n) is 7.16. The molecular weight excluding hydrogens is 613 g/mol. The zero-order valence-electron chi connectivity index (χ0n) is 27.1. The number of ether oxygens (including phenoxy) is 2. The quantitative estimate of drug-likeness (QED) is 0.375. The maximum Gasteiger partial charge on any atom is 0.226 e. The third kappa shape index (κ3) is 6.84. The normalized spacial score (nSPS) is 25.0. The number of piperidine rings is 1. The van der Waals surface area contributed by atoms with Crippen LogP contribution in [0.15, 0.2) is 54.7 Å². The number of nitrogens with zero attached hydrogens (tertiary/aromatic N) is 6. The van der Waals surface area contributed by atoms with Crippen molar-refractivity contribution in [3.05, 3.63) is 60.3 Å². The first-order valence-electron chi connectivity index (χ1n) is 16.8. The molecule has 0 radical (unpaired) electrons. The highest BCUT2D eigenvalue weighted by Crippen LogP contribution is 2.31. The Kier molecular flexibility index (Phi) is 9.23. The summed E-state index contributed by atoms with van der Waals surface area (Å²) >= 11 is 0. The Balaban J connectivity index is 0.961. The monoisotopic (exact) mass is 653 g/mol. The fourth-order valence-corrected chi connectivity index (χ4v) is 7.16. The van der Waals surface area contributed by atoms with E-state index in [1.54, 1.807) is 30.5 Å². The van der Waals surface area contributed by atoms with Crippen molar-refractivity contribution in [2.24, 2.45) is 5.92 Å². The summed E-state index contributed by atoms with van der Waals surface area (Å²) in [4.78, 5) is 40.0. The van der Waals surface area contributed by atoms with E-state index in [-0.39, 0.29) is 41.9 Å². The summed E-state index contributed by atoms with van der Waals surface area (Å²) in [6.45, 7) is 7.21. The molecule has 1 unspecified atom stereocenters. The smallest absolute Gasteiger partial charge is 0.226 e. The molecule has 1 N–H and O–H groups in total. The second-order valence-corrected chi connectivity index (χ2v) is 13.2. The number of Topliss-reactive ketones (excluding diaryl/α,β-unsaturated/α-hetero) is 1. The minimum Gasteiger partial charge on any atom is -0.486 e. The Morgan fingerprint density at radius 2 is 1.92 bits per heavy atom. The van der Waals surface area contributed by atoms with E-state index in [0.717, 1.165) is 38.5 Å². The number of piperazine rings is 1. The lowest BCUT2D eigenvalue weighted by Crippen LogP contribution is -2.60. The molecule has 12 heteroatoms. The average molecular weight is 654 g/mol. The molecule has 4 fully saturated rings. The predicted molar refractivity (Wildman–Crippen MR) is 178 cm³/mol. The Bertz CT molecular complexity index is 1690. The third-order valence-corrected chi connectivity index (χ3v) is 9.95. The van der Waals surface area contributed by atoms with E-state index in [1.807, 2.05) is 12.1 Å². The number of nitriles is 1. The van der Waals surface area contributed by atoms with E-state index in [0.29, 0.717) is 55.1 Å². The number of rotatable bonds is 8. The first-order valence-corrected chi connectivity index (χ1v) is 16.8. The van der Waals surface area contributed by atoms with Crippen LogP contribution in [0.3, 0.4) is 0 Å². The van der Waals surface area contributed by atoms with Crippen LogP contribution in [0.2, 0.25) is 0 Å². The number of ketones is 1. The molecule has 1 aromatic heterocycles. The summed E-state index contributed by atoms with van der Waals surface area (Å²) in [6.07, 6.45) is 0.951. The Labute approximate surface area is 279 Å². The summed E-state index contributed by atoms with van der Waals surface area (Å²) in [5, 5.41) is 13.3. The van der Waals surface area contributed by atoms with Gasteiger partial charge in [0.1, 0.15) is 29.5 Å². The predicted octanol–water partition coefficient (Wildman–Crippen LogP) is 4.36. The second kappa shape index (κ2) is 13.9. The average Bonchev–Trinajstić information content (AvgIpc) is 3.52. The number of aromatic nitrogens is 2. The first kappa shape index (κ1) is 32.0. The molecule has 0 spiro atoms. The molecular formula is C36H40FN7O4. The van der Waals surface area contributed by atoms with Gasteiger partial charge in [-0.25, -0.2) is 14.4 Å². The molecule has 3 aliphatic heterocycles. The van der Waals surface area contributed by atoms with Crippen molar-refractivity contribution in [3.63, 3.8) is 0 Å². The number of hydrogen-bond donors (Lipinski definition) is 1. The van der Waals surface area contributed by atoms with Gasteiger partial charge in [-0.15, -0.1) is 0 Å². The number of carbonyl (C=O) groups is 2. The summed E-state index contributed by atoms with van der Waals surface area (Å²) in [6, 6.07) is 18.3. The lowest BCUT2D eigenvalue weighted by atomic mass is 10.0. The third-order valence-electron chi connectivity index (χ3n) is 9.95. The maximum absolute atomic E-state index is 15.2. The van der Waals surface area contributed by atoms with E-state index in [9.17, 15) is 14.9 Å². The van der Waals surface area contributed by atoms with E-state index in [4.69, 9.17) is 9.47 Å². The first-order chi connectivity index (χ1) is 23.3. The molecule has 1 amide bonds. The summed E-state index contributed by atoms with van der Waals surface area (Å²) in [5.74, 6) is 0.910. The van der Waals surface area contributed by atoms with Crippen LogP contribution in [0.25, 0.3) is 11.4 Å². The molecule has 7 rings (SSSR count). The Morgan fingerprint density at radius 1 is 1.08 bits per heavy atom. The van der Waals surface area contributed by atoms with Gasteiger partial charge >= 0.3 is 0 Å². The minimum absolute atomic E-state index is 0.0860. The van der Waals surface area contributed by atoms with Gasteiger partial charge in [0.25, 0.3) is 0 Å². The number of hydrogen-bond acceptors (Lipinski definition) is 10. The topological polar surface area (TPSA) is 124 Å². The highest BCUT2D eigenvalue weighted by molar-refractivity contribution is 5.90. The Hall–Kier alpha value is -4.60. The van der Waals surface area contributed by atoms with Crippen LogP contribution in [0.4, 0.5) is 21.6 Å². The number of alkyl halides is 1. The van der Waals surface area contributed by atoms with Crippen LogP contribution in [0.1, 0.15) is 38.2 Å². The molecule has 4 aliphatic rings. The van der Waals surface area contributed by atoms with Crippen molar-refractivity contribution in [2.45, 2.75) is 57.0 Å². The lowest BCUT2D eigenvalue weighted by molar-refractivity contribution is -0.139. The molecule has 1 aliphatic carbocycles. The Morgan fingerprint density at radius 3 is 2.60 bits per heavy atom. The van der Waals surface area contributed by atoms with Gasteiger partial charge in [0, 0.05) is 80.5 Å². The molecule has 11 nitrogen and oxygen atoms in total. The van der Waals surface area contributed by atoms with Crippen molar-refractivity contribution in [2.75, 3.05) is 56.2 Å². The van der Waals surface area contributed by atoms with Crippen molar-refractivity contribution in [1.29, 1.82) is 5.26 Å². The van der Waals surface area contributed by atoms with Gasteiger partial charge in [-0.3, -0.25) is 14.5 Å². The standard InChI is InChI=1S/C36H40FN7O4/c1-23-19-42(14-15-44(23)29-21-47-22-29)28-6-4-27(5-7-28)40-34-10-12-39-35(41-34)24-3-9-32(26(16-24)18-38)48-33-11-13-43(20-31(33)37)36(46)25-2-8-30(45)17-25/h3-7,9-10,12,16,23,25,29,31,33H,2,8,11,13-15,17,19-22H2,1H3,(H,39,40,41)/t23-,25?,31-,33+/m1/s1. The van der Waals surface area contributed by atoms with Gasteiger partial charge in [0.05, 0.1) is 31.4 Å². The molecule has 2 aromatic carbocycles.